The lowest BCUT2D eigenvalue weighted by Crippen LogP contribution is -2.55. The predicted octanol–water partition coefficient (Wildman–Crippen LogP) is 4.59. The summed E-state index contributed by atoms with van der Waals surface area (Å²) in [5.41, 5.74) is 0.106. The SMILES string of the molecule is CCCC(CBr)(CCC)CN1CCC2(O)CCCCC2C1. The molecule has 0 aromatic rings. The molecule has 1 aliphatic carbocycles. The Balaban J connectivity index is 1.98. The molecular formula is C18H34BrNO. The summed E-state index contributed by atoms with van der Waals surface area (Å²) < 4.78 is 0. The van der Waals surface area contributed by atoms with Crippen LogP contribution in [0, 0.1) is 11.3 Å². The van der Waals surface area contributed by atoms with E-state index in [-0.39, 0.29) is 5.60 Å². The van der Waals surface area contributed by atoms with Crippen molar-refractivity contribution in [3.63, 3.8) is 0 Å². The van der Waals surface area contributed by atoms with Crippen molar-refractivity contribution in [2.24, 2.45) is 11.3 Å². The van der Waals surface area contributed by atoms with Crippen LogP contribution in [-0.4, -0.2) is 40.6 Å². The first-order valence-electron chi connectivity index (χ1n) is 9.08. The first kappa shape index (κ1) is 17.7. The number of likely N-dealkylation sites (tertiary alicyclic amines) is 1. The van der Waals surface area contributed by atoms with Gasteiger partial charge in [-0.15, -0.1) is 0 Å². The normalized spacial score (nSPS) is 31.1. The topological polar surface area (TPSA) is 23.5 Å². The van der Waals surface area contributed by atoms with Crippen LogP contribution in [0.25, 0.3) is 0 Å². The van der Waals surface area contributed by atoms with Gasteiger partial charge in [-0.2, -0.15) is 0 Å². The van der Waals surface area contributed by atoms with Crippen molar-refractivity contribution in [2.75, 3.05) is 25.0 Å². The molecule has 3 heteroatoms. The van der Waals surface area contributed by atoms with E-state index in [9.17, 15) is 5.11 Å². The molecule has 1 N–H and O–H groups in total. The quantitative estimate of drug-likeness (QED) is 0.671. The van der Waals surface area contributed by atoms with Crippen molar-refractivity contribution in [1.82, 2.24) is 4.90 Å². The van der Waals surface area contributed by atoms with Crippen LogP contribution in [0.5, 0.6) is 0 Å². The fraction of sp³-hybridized carbons (Fsp3) is 1.00. The molecule has 1 saturated heterocycles. The van der Waals surface area contributed by atoms with Gasteiger partial charge in [-0.3, -0.25) is 0 Å². The highest BCUT2D eigenvalue weighted by Gasteiger charge is 2.43. The van der Waals surface area contributed by atoms with E-state index in [1.54, 1.807) is 0 Å². The highest BCUT2D eigenvalue weighted by molar-refractivity contribution is 9.09. The summed E-state index contributed by atoms with van der Waals surface area (Å²) in [6.07, 6.45) is 11.0. The van der Waals surface area contributed by atoms with Crippen LogP contribution < -0.4 is 0 Å². The third kappa shape index (κ3) is 4.23. The maximum absolute atomic E-state index is 10.8. The number of piperidine rings is 1. The van der Waals surface area contributed by atoms with Gasteiger partial charge in [0.25, 0.3) is 0 Å². The average Bonchev–Trinajstić information content (AvgIpc) is 2.48. The average molecular weight is 360 g/mol. The fourth-order valence-electron chi connectivity index (χ4n) is 4.78. The van der Waals surface area contributed by atoms with Gasteiger partial charge in [0.05, 0.1) is 5.60 Å². The Bertz CT molecular complexity index is 316. The Morgan fingerprint density at radius 1 is 1.19 bits per heavy atom. The van der Waals surface area contributed by atoms with Gasteiger partial charge in [0.1, 0.15) is 0 Å². The second-order valence-corrected chi connectivity index (χ2v) is 8.23. The number of aliphatic hydroxyl groups is 1. The number of fused-ring (bicyclic) bond motifs is 1. The largest absolute Gasteiger partial charge is 0.390 e. The van der Waals surface area contributed by atoms with Crippen LogP contribution in [-0.2, 0) is 0 Å². The molecule has 0 aromatic heterocycles. The predicted molar refractivity (Wildman–Crippen MR) is 94.0 cm³/mol. The van der Waals surface area contributed by atoms with Crippen LogP contribution in [0.15, 0.2) is 0 Å². The number of hydrogen-bond donors (Lipinski definition) is 1. The molecule has 2 atom stereocenters. The zero-order chi connectivity index (χ0) is 15.3. The smallest absolute Gasteiger partial charge is 0.0700 e. The molecule has 2 rings (SSSR count). The first-order chi connectivity index (χ1) is 10.1. The van der Waals surface area contributed by atoms with E-state index in [4.69, 9.17) is 0 Å². The Morgan fingerprint density at radius 2 is 1.90 bits per heavy atom. The molecule has 2 fully saturated rings. The van der Waals surface area contributed by atoms with Crippen LogP contribution in [0.3, 0.4) is 0 Å². The lowest BCUT2D eigenvalue weighted by atomic mass is 9.70. The van der Waals surface area contributed by atoms with Gasteiger partial charge < -0.3 is 10.0 Å². The monoisotopic (exact) mass is 359 g/mol. The van der Waals surface area contributed by atoms with E-state index in [0.29, 0.717) is 11.3 Å². The van der Waals surface area contributed by atoms with E-state index < -0.39 is 0 Å². The Hall–Kier alpha value is 0.400. The van der Waals surface area contributed by atoms with Crippen molar-refractivity contribution in [1.29, 1.82) is 0 Å². The van der Waals surface area contributed by atoms with Crippen LogP contribution in [0.4, 0.5) is 0 Å². The Morgan fingerprint density at radius 3 is 2.52 bits per heavy atom. The molecule has 2 unspecified atom stereocenters. The second-order valence-electron chi connectivity index (χ2n) is 7.67. The number of rotatable bonds is 7. The zero-order valence-corrected chi connectivity index (χ0v) is 15.6. The van der Waals surface area contributed by atoms with Crippen LogP contribution in [0.1, 0.15) is 71.6 Å². The van der Waals surface area contributed by atoms with Crippen molar-refractivity contribution in [3.8, 4) is 0 Å². The van der Waals surface area contributed by atoms with E-state index in [2.05, 4.69) is 34.7 Å². The molecule has 124 valence electrons. The maximum atomic E-state index is 10.8. The summed E-state index contributed by atoms with van der Waals surface area (Å²) in [4.78, 5) is 2.66. The van der Waals surface area contributed by atoms with E-state index in [0.717, 1.165) is 31.3 Å². The van der Waals surface area contributed by atoms with Gasteiger partial charge in [0.15, 0.2) is 0 Å². The highest BCUT2D eigenvalue weighted by atomic mass is 79.9. The molecule has 1 heterocycles. The molecule has 1 aliphatic heterocycles. The van der Waals surface area contributed by atoms with Crippen LogP contribution in [0.2, 0.25) is 0 Å². The summed E-state index contributed by atoms with van der Waals surface area (Å²) >= 11 is 3.81. The first-order valence-corrected chi connectivity index (χ1v) is 10.2. The van der Waals surface area contributed by atoms with Crippen molar-refractivity contribution < 1.29 is 5.11 Å². The van der Waals surface area contributed by atoms with Gasteiger partial charge in [-0.25, -0.2) is 0 Å². The number of nitrogens with zero attached hydrogens (tertiary/aromatic N) is 1. The van der Waals surface area contributed by atoms with Gasteiger partial charge in [-0.1, -0.05) is 55.5 Å². The van der Waals surface area contributed by atoms with Crippen molar-refractivity contribution in [3.05, 3.63) is 0 Å². The van der Waals surface area contributed by atoms with E-state index in [1.807, 2.05) is 0 Å². The molecule has 2 nitrogen and oxygen atoms in total. The summed E-state index contributed by atoms with van der Waals surface area (Å²) in [6.45, 7) is 8.05. The Labute approximate surface area is 139 Å². The standard InChI is InChI=1S/C18H34BrNO/c1-3-8-17(14-19,9-4-2)15-20-12-11-18(21)10-6-5-7-16(18)13-20/h16,21H,3-15H2,1-2H3. The minimum atomic E-state index is -0.332. The van der Waals surface area contributed by atoms with E-state index in [1.165, 1.54) is 51.5 Å². The van der Waals surface area contributed by atoms with Gasteiger partial charge >= 0.3 is 0 Å². The molecule has 1 saturated carbocycles. The number of halogens is 1. The summed E-state index contributed by atoms with van der Waals surface area (Å²) in [5, 5.41) is 12.0. The minimum Gasteiger partial charge on any atom is -0.390 e. The lowest BCUT2D eigenvalue weighted by Gasteiger charge is -2.49. The van der Waals surface area contributed by atoms with Crippen LogP contribution >= 0.6 is 15.9 Å². The third-order valence-corrected chi connectivity index (χ3v) is 7.10. The summed E-state index contributed by atoms with van der Waals surface area (Å²) in [5.74, 6) is 0.524. The van der Waals surface area contributed by atoms with Gasteiger partial charge in [0, 0.05) is 30.9 Å². The molecular weight excluding hydrogens is 326 g/mol. The molecule has 0 spiro atoms. The van der Waals surface area contributed by atoms with Crippen molar-refractivity contribution >= 4 is 15.9 Å². The molecule has 0 amide bonds. The molecule has 0 aromatic carbocycles. The molecule has 2 aliphatic rings. The number of hydrogen-bond acceptors (Lipinski definition) is 2. The maximum Gasteiger partial charge on any atom is 0.0700 e. The summed E-state index contributed by atoms with van der Waals surface area (Å²) in [6, 6.07) is 0. The highest BCUT2D eigenvalue weighted by Crippen LogP contribution is 2.41. The molecule has 0 radical (unpaired) electrons. The van der Waals surface area contributed by atoms with Crippen molar-refractivity contribution in [2.45, 2.75) is 77.2 Å². The van der Waals surface area contributed by atoms with E-state index >= 15 is 0 Å². The lowest BCUT2D eigenvalue weighted by molar-refractivity contribution is -0.100. The summed E-state index contributed by atoms with van der Waals surface area (Å²) in [7, 11) is 0. The fourth-order valence-corrected chi connectivity index (χ4v) is 5.52. The Kier molecular flexibility index (Phi) is 6.58. The second kappa shape index (κ2) is 7.79. The molecule has 21 heavy (non-hydrogen) atoms. The van der Waals surface area contributed by atoms with Gasteiger partial charge in [0.2, 0.25) is 0 Å². The number of alkyl halides is 1. The van der Waals surface area contributed by atoms with Gasteiger partial charge in [-0.05, 0) is 37.5 Å². The third-order valence-electron chi connectivity index (χ3n) is 5.91. The zero-order valence-electron chi connectivity index (χ0n) is 14.0. The minimum absolute atomic E-state index is 0.332. The molecule has 0 bridgehead atoms.